The van der Waals surface area contributed by atoms with Crippen LogP contribution in [0.15, 0.2) is 54.7 Å². The van der Waals surface area contributed by atoms with Crippen molar-refractivity contribution in [3.63, 3.8) is 0 Å². The lowest BCUT2D eigenvalue weighted by Gasteiger charge is -2.08. The molecule has 26 heavy (non-hydrogen) atoms. The number of benzene rings is 1. The zero-order valence-corrected chi connectivity index (χ0v) is 14.8. The number of ether oxygens (including phenoxy) is 1. The SMILES string of the molecule is O=C(NCc1ccc(Oc2cccc(F)c2)nc1)c1nc(Cl)ccc1Cl. The summed E-state index contributed by atoms with van der Waals surface area (Å²) in [6.45, 7) is 0.219. The van der Waals surface area contributed by atoms with Gasteiger partial charge in [-0.15, -0.1) is 0 Å². The molecule has 1 amide bonds. The number of nitrogens with one attached hydrogen (secondary N) is 1. The van der Waals surface area contributed by atoms with Gasteiger partial charge in [0.05, 0.1) is 5.02 Å². The van der Waals surface area contributed by atoms with Gasteiger partial charge in [0, 0.05) is 24.9 Å². The number of aromatic nitrogens is 2. The Morgan fingerprint density at radius 2 is 2.00 bits per heavy atom. The second kappa shape index (κ2) is 8.12. The van der Waals surface area contributed by atoms with Crippen LogP contribution in [0.25, 0.3) is 0 Å². The molecule has 1 aromatic carbocycles. The molecule has 2 heterocycles. The fourth-order valence-corrected chi connectivity index (χ4v) is 2.41. The number of carbonyl (C=O) groups excluding carboxylic acids is 1. The van der Waals surface area contributed by atoms with E-state index in [2.05, 4.69) is 15.3 Å². The van der Waals surface area contributed by atoms with E-state index in [4.69, 9.17) is 27.9 Å². The molecule has 0 aliphatic carbocycles. The van der Waals surface area contributed by atoms with Crippen molar-refractivity contribution in [2.75, 3.05) is 0 Å². The van der Waals surface area contributed by atoms with E-state index >= 15 is 0 Å². The number of hydrogen-bond donors (Lipinski definition) is 1. The zero-order chi connectivity index (χ0) is 18.5. The largest absolute Gasteiger partial charge is 0.439 e. The minimum Gasteiger partial charge on any atom is -0.439 e. The van der Waals surface area contributed by atoms with Crippen LogP contribution >= 0.6 is 23.2 Å². The molecule has 0 spiro atoms. The van der Waals surface area contributed by atoms with Gasteiger partial charge < -0.3 is 10.1 Å². The molecule has 0 bridgehead atoms. The molecule has 5 nitrogen and oxygen atoms in total. The van der Waals surface area contributed by atoms with E-state index in [0.29, 0.717) is 11.6 Å². The molecule has 0 radical (unpaired) electrons. The molecule has 0 saturated carbocycles. The van der Waals surface area contributed by atoms with Gasteiger partial charge in [0.25, 0.3) is 5.91 Å². The monoisotopic (exact) mass is 391 g/mol. The van der Waals surface area contributed by atoms with Gasteiger partial charge in [-0.1, -0.05) is 35.3 Å². The van der Waals surface area contributed by atoms with Crippen LogP contribution in [0.4, 0.5) is 4.39 Å². The third-order valence-electron chi connectivity index (χ3n) is 3.30. The van der Waals surface area contributed by atoms with Crippen LogP contribution < -0.4 is 10.1 Å². The van der Waals surface area contributed by atoms with Gasteiger partial charge >= 0.3 is 0 Å². The predicted molar refractivity (Wildman–Crippen MR) is 96.1 cm³/mol. The van der Waals surface area contributed by atoms with E-state index in [1.54, 1.807) is 30.5 Å². The highest BCUT2D eigenvalue weighted by Crippen LogP contribution is 2.20. The fourth-order valence-electron chi connectivity index (χ4n) is 2.07. The Hall–Kier alpha value is -2.70. The summed E-state index contributed by atoms with van der Waals surface area (Å²) in [5.74, 6) is -0.182. The summed E-state index contributed by atoms with van der Waals surface area (Å²) >= 11 is 11.7. The fraction of sp³-hybridized carbons (Fsp3) is 0.0556. The van der Waals surface area contributed by atoms with E-state index in [1.165, 1.54) is 24.3 Å². The lowest BCUT2D eigenvalue weighted by molar-refractivity contribution is 0.0946. The first-order chi connectivity index (χ1) is 12.5. The molecule has 0 saturated heterocycles. The second-order valence-electron chi connectivity index (χ2n) is 5.21. The van der Waals surface area contributed by atoms with E-state index in [0.717, 1.165) is 5.56 Å². The van der Waals surface area contributed by atoms with Gasteiger partial charge in [0.1, 0.15) is 22.4 Å². The van der Waals surface area contributed by atoms with Crippen LogP contribution in [0.2, 0.25) is 10.2 Å². The standard InChI is InChI=1S/C18H12Cl2FN3O2/c19-14-5-6-15(20)24-17(14)18(25)23-10-11-4-7-16(22-9-11)26-13-3-1-2-12(21)8-13/h1-9H,10H2,(H,23,25). The molecule has 0 atom stereocenters. The highest BCUT2D eigenvalue weighted by molar-refractivity contribution is 6.34. The highest BCUT2D eigenvalue weighted by Gasteiger charge is 2.12. The molecule has 132 valence electrons. The van der Waals surface area contributed by atoms with Crippen LogP contribution in [0, 0.1) is 5.82 Å². The summed E-state index contributed by atoms with van der Waals surface area (Å²) in [5, 5.41) is 3.08. The van der Waals surface area contributed by atoms with Crippen LogP contribution in [0.1, 0.15) is 16.1 Å². The van der Waals surface area contributed by atoms with Crippen LogP contribution in [0.5, 0.6) is 11.6 Å². The average molecular weight is 392 g/mol. The quantitative estimate of drug-likeness (QED) is 0.643. The predicted octanol–water partition coefficient (Wildman–Crippen LogP) is 4.64. The molecule has 8 heteroatoms. The van der Waals surface area contributed by atoms with Gasteiger partial charge in [0.2, 0.25) is 5.88 Å². The molecule has 0 unspecified atom stereocenters. The maximum atomic E-state index is 13.1. The van der Waals surface area contributed by atoms with Crippen molar-refractivity contribution in [1.29, 1.82) is 0 Å². The van der Waals surface area contributed by atoms with Gasteiger partial charge in [-0.25, -0.2) is 14.4 Å². The minimum absolute atomic E-state index is 0.0539. The van der Waals surface area contributed by atoms with Crippen LogP contribution in [0.3, 0.4) is 0 Å². The summed E-state index contributed by atoms with van der Waals surface area (Å²) in [4.78, 5) is 20.2. The normalized spacial score (nSPS) is 10.4. The smallest absolute Gasteiger partial charge is 0.271 e. The summed E-state index contributed by atoms with van der Waals surface area (Å²) in [5.41, 5.74) is 0.793. The topological polar surface area (TPSA) is 64.1 Å². The Labute approximate surface area is 158 Å². The lowest BCUT2D eigenvalue weighted by Crippen LogP contribution is -2.24. The number of rotatable bonds is 5. The average Bonchev–Trinajstić information content (AvgIpc) is 2.63. The molecule has 1 N–H and O–H groups in total. The summed E-state index contributed by atoms with van der Waals surface area (Å²) in [6.07, 6.45) is 1.54. The van der Waals surface area contributed by atoms with Crippen molar-refractivity contribution >= 4 is 29.1 Å². The molecule has 3 aromatic rings. The number of carbonyl (C=O) groups is 1. The Bertz CT molecular complexity index is 936. The molecule has 2 aromatic heterocycles. The second-order valence-corrected chi connectivity index (χ2v) is 6.01. The maximum absolute atomic E-state index is 13.1. The van der Waals surface area contributed by atoms with E-state index in [9.17, 15) is 9.18 Å². The Balaban J connectivity index is 1.61. The summed E-state index contributed by atoms with van der Waals surface area (Å²) < 4.78 is 18.6. The Morgan fingerprint density at radius 1 is 1.15 bits per heavy atom. The van der Waals surface area contributed by atoms with Gasteiger partial charge in [-0.05, 0) is 29.8 Å². The van der Waals surface area contributed by atoms with E-state index in [-0.39, 0.29) is 22.4 Å². The van der Waals surface area contributed by atoms with Gasteiger partial charge in [-0.3, -0.25) is 4.79 Å². The van der Waals surface area contributed by atoms with E-state index in [1.807, 2.05) is 0 Å². The lowest BCUT2D eigenvalue weighted by atomic mass is 10.2. The number of amides is 1. The molecule has 0 fully saturated rings. The third kappa shape index (κ3) is 4.68. The van der Waals surface area contributed by atoms with Crippen molar-refractivity contribution < 1.29 is 13.9 Å². The summed E-state index contributed by atoms with van der Waals surface area (Å²) in [6, 6.07) is 12.1. The van der Waals surface area contributed by atoms with Crippen molar-refractivity contribution in [1.82, 2.24) is 15.3 Å². The first-order valence-electron chi connectivity index (χ1n) is 7.50. The van der Waals surface area contributed by atoms with Gasteiger partial charge in [-0.2, -0.15) is 0 Å². The van der Waals surface area contributed by atoms with Crippen molar-refractivity contribution in [2.24, 2.45) is 0 Å². The maximum Gasteiger partial charge on any atom is 0.271 e. The van der Waals surface area contributed by atoms with E-state index < -0.39 is 11.7 Å². The molecule has 3 rings (SSSR count). The number of hydrogen-bond acceptors (Lipinski definition) is 4. The molecule has 0 aliphatic heterocycles. The zero-order valence-electron chi connectivity index (χ0n) is 13.2. The highest BCUT2D eigenvalue weighted by atomic mass is 35.5. The van der Waals surface area contributed by atoms with Crippen molar-refractivity contribution in [2.45, 2.75) is 6.54 Å². The Kier molecular flexibility index (Phi) is 5.65. The first kappa shape index (κ1) is 18.1. The molecular formula is C18H12Cl2FN3O2. The third-order valence-corrected chi connectivity index (χ3v) is 3.81. The minimum atomic E-state index is -0.447. The molecule has 0 aliphatic rings. The van der Waals surface area contributed by atoms with Crippen LogP contribution in [-0.2, 0) is 6.54 Å². The Morgan fingerprint density at radius 3 is 2.73 bits per heavy atom. The number of halogens is 3. The first-order valence-corrected chi connectivity index (χ1v) is 8.25. The van der Waals surface area contributed by atoms with Crippen LogP contribution in [-0.4, -0.2) is 15.9 Å². The number of pyridine rings is 2. The van der Waals surface area contributed by atoms with Crippen molar-refractivity contribution in [3.05, 3.63) is 82.0 Å². The van der Waals surface area contributed by atoms with Gasteiger partial charge in [0.15, 0.2) is 0 Å². The number of nitrogens with zero attached hydrogens (tertiary/aromatic N) is 2. The van der Waals surface area contributed by atoms with Crippen molar-refractivity contribution in [3.8, 4) is 11.6 Å². The summed E-state index contributed by atoms with van der Waals surface area (Å²) in [7, 11) is 0. The molecular weight excluding hydrogens is 380 g/mol.